The van der Waals surface area contributed by atoms with Gasteiger partial charge in [-0.05, 0) is 31.9 Å². The highest BCUT2D eigenvalue weighted by Crippen LogP contribution is 2.19. The molecular formula is C13H16N2. The fourth-order valence-corrected chi connectivity index (χ4v) is 1.38. The molecule has 0 spiro atoms. The van der Waals surface area contributed by atoms with Crippen molar-refractivity contribution in [3.63, 3.8) is 0 Å². The van der Waals surface area contributed by atoms with Gasteiger partial charge in [0.2, 0.25) is 0 Å². The zero-order valence-electron chi connectivity index (χ0n) is 9.03. The maximum Gasteiger partial charge on any atom is 0.122 e. The van der Waals surface area contributed by atoms with Gasteiger partial charge in [-0.25, -0.2) is 0 Å². The molecule has 2 nitrogen and oxygen atoms in total. The second-order valence-electron chi connectivity index (χ2n) is 3.76. The summed E-state index contributed by atoms with van der Waals surface area (Å²) in [5.41, 5.74) is 0.459. The lowest BCUT2D eigenvalue weighted by Gasteiger charge is -2.23. The predicted octanol–water partition coefficient (Wildman–Crippen LogP) is 3.35. The number of para-hydroxylation sites is 1. The van der Waals surface area contributed by atoms with Gasteiger partial charge in [-0.2, -0.15) is 5.26 Å². The fraction of sp³-hybridized carbons (Fsp3) is 0.308. The van der Waals surface area contributed by atoms with Crippen LogP contribution < -0.4 is 5.32 Å². The minimum atomic E-state index is -0.518. The molecule has 0 saturated carbocycles. The second-order valence-corrected chi connectivity index (χ2v) is 3.76. The van der Waals surface area contributed by atoms with Gasteiger partial charge < -0.3 is 5.32 Å². The van der Waals surface area contributed by atoms with Crippen LogP contribution in [0.3, 0.4) is 0 Å². The third-order valence-electron chi connectivity index (χ3n) is 2.29. The highest BCUT2D eigenvalue weighted by Gasteiger charge is 2.21. The van der Waals surface area contributed by atoms with E-state index in [-0.39, 0.29) is 0 Å². The van der Waals surface area contributed by atoms with Crippen LogP contribution in [0.1, 0.15) is 19.8 Å². The monoisotopic (exact) mass is 200 g/mol. The first kappa shape index (κ1) is 11.3. The van der Waals surface area contributed by atoms with Gasteiger partial charge in [0.05, 0.1) is 6.07 Å². The van der Waals surface area contributed by atoms with Gasteiger partial charge in [-0.15, -0.1) is 6.58 Å². The Morgan fingerprint density at radius 2 is 2.13 bits per heavy atom. The molecule has 1 atom stereocenters. The maximum absolute atomic E-state index is 9.13. The molecule has 0 aliphatic carbocycles. The van der Waals surface area contributed by atoms with Crippen molar-refractivity contribution in [2.75, 3.05) is 5.32 Å². The molecule has 1 unspecified atom stereocenters. The van der Waals surface area contributed by atoms with Gasteiger partial charge >= 0.3 is 0 Å². The van der Waals surface area contributed by atoms with Crippen LogP contribution in [-0.2, 0) is 0 Å². The Balaban J connectivity index is 2.69. The molecule has 0 heterocycles. The number of nitriles is 1. The van der Waals surface area contributed by atoms with Crippen LogP contribution in [0.4, 0.5) is 5.69 Å². The molecule has 0 aliphatic rings. The summed E-state index contributed by atoms with van der Waals surface area (Å²) in [6, 6.07) is 12.1. The third kappa shape index (κ3) is 3.47. The molecule has 0 amide bonds. The van der Waals surface area contributed by atoms with Gasteiger partial charge in [0.25, 0.3) is 0 Å². The van der Waals surface area contributed by atoms with Crippen LogP contribution in [0.2, 0.25) is 0 Å². The van der Waals surface area contributed by atoms with Crippen LogP contribution in [-0.4, -0.2) is 5.54 Å². The molecule has 0 aliphatic heterocycles. The minimum absolute atomic E-state index is 0.518. The van der Waals surface area contributed by atoms with Gasteiger partial charge in [-0.1, -0.05) is 24.3 Å². The van der Waals surface area contributed by atoms with E-state index in [1.54, 1.807) is 0 Å². The quantitative estimate of drug-likeness (QED) is 0.740. The first-order chi connectivity index (χ1) is 7.20. The summed E-state index contributed by atoms with van der Waals surface area (Å²) in [4.78, 5) is 0. The summed E-state index contributed by atoms with van der Waals surface area (Å²) in [6.45, 7) is 5.57. The molecule has 0 radical (unpaired) electrons. The smallest absolute Gasteiger partial charge is 0.122 e. The first-order valence-corrected chi connectivity index (χ1v) is 5.05. The SMILES string of the molecule is C=CCCC(C)(C#N)Nc1ccccc1. The summed E-state index contributed by atoms with van der Waals surface area (Å²) in [5, 5.41) is 12.4. The minimum Gasteiger partial charge on any atom is -0.368 e. The normalized spacial score (nSPS) is 13.6. The van der Waals surface area contributed by atoms with Crippen molar-refractivity contribution in [1.29, 1.82) is 5.26 Å². The van der Waals surface area contributed by atoms with Crippen molar-refractivity contribution in [1.82, 2.24) is 0 Å². The summed E-state index contributed by atoms with van der Waals surface area (Å²) in [6.07, 6.45) is 3.44. The highest BCUT2D eigenvalue weighted by molar-refractivity contribution is 5.46. The van der Waals surface area contributed by atoms with Gasteiger partial charge in [0.1, 0.15) is 5.54 Å². The largest absolute Gasteiger partial charge is 0.368 e. The number of hydrogen-bond donors (Lipinski definition) is 1. The van der Waals surface area contributed by atoms with E-state index in [9.17, 15) is 0 Å². The van der Waals surface area contributed by atoms with Crippen molar-refractivity contribution in [2.45, 2.75) is 25.3 Å². The first-order valence-electron chi connectivity index (χ1n) is 5.05. The number of allylic oxidation sites excluding steroid dienone is 1. The zero-order chi connectivity index (χ0) is 11.1. The summed E-state index contributed by atoms with van der Waals surface area (Å²) >= 11 is 0. The van der Waals surface area contributed by atoms with Crippen molar-refractivity contribution in [2.24, 2.45) is 0 Å². The Kier molecular flexibility index (Phi) is 3.93. The van der Waals surface area contributed by atoms with Gasteiger partial charge in [0, 0.05) is 5.69 Å². The Morgan fingerprint density at radius 3 is 2.67 bits per heavy atom. The molecule has 0 aromatic heterocycles. The average Bonchev–Trinajstić information content (AvgIpc) is 2.28. The molecule has 0 fully saturated rings. The summed E-state index contributed by atoms with van der Waals surface area (Å²) in [7, 11) is 0. The lowest BCUT2D eigenvalue weighted by atomic mass is 9.97. The Bertz CT molecular complexity index is 351. The van der Waals surface area contributed by atoms with Crippen LogP contribution in [0.15, 0.2) is 43.0 Å². The van der Waals surface area contributed by atoms with Gasteiger partial charge in [0.15, 0.2) is 0 Å². The number of benzene rings is 1. The lowest BCUT2D eigenvalue weighted by Crippen LogP contribution is -2.32. The fourth-order valence-electron chi connectivity index (χ4n) is 1.38. The van der Waals surface area contributed by atoms with E-state index < -0.39 is 5.54 Å². The number of hydrogen-bond acceptors (Lipinski definition) is 2. The van der Waals surface area contributed by atoms with Crippen molar-refractivity contribution >= 4 is 5.69 Å². The van der Waals surface area contributed by atoms with Crippen molar-refractivity contribution in [3.8, 4) is 6.07 Å². The molecule has 0 bridgehead atoms. The Hall–Kier alpha value is -1.75. The molecule has 1 N–H and O–H groups in total. The van der Waals surface area contributed by atoms with Crippen LogP contribution in [0, 0.1) is 11.3 Å². The molecule has 1 rings (SSSR count). The van der Waals surface area contributed by atoms with Crippen LogP contribution in [0.25, 0.3) is 0 Å². The number of anilines is 1. The molecular weight excluding hydrogens is 184 g/mol. The topological polar surface area (TPSA) is 35.8 Å². The van der Waals surface area contributed by atoms with E-state index in [1.807, 2.05) is 43.3 Å². The van der Waals surface area contributed by atoms with E-state index in [2.05, 4.69) is 18.0 Å². The van der Waals surface area contributed by atoms with E-state index in [1.165, 1.54) is 0 Å². The molecule has 2 heteroatoms. The van der Waals surface area contributed by atoms with Crippen molar-refractivity contribution in [3.05, 3.63) is 43.0 Å². The van der Waals surface area contributed by atoms with E-state index >= 15 is 0 Å². The van der Waals surface area contributed by atoms with Gasteiger partial charge in [-0.3, -0.25) is 0 Å². The third-order valence-corrected chi connectivity index (χ3v) is 2.29. The molecule has 1 aromatic rings. The second kappa shape index (κ2) is 5.21. The summed E-state index contributed by atoms with van der Waals surface area (Å²) < 4.78 is 0. The predicted molar refractivity (Wildman–Crippen MR) is 63.5 cm³/mol. The summed E-state index contributed by atoms with van der Waals surface area (Å²) in [5.74, 6) is 0. The van der Waals surface area contributed by atoms with Crippen molar-refractivity contribution < 1.29 is 0 Å². The molecule has 0 saturated heterocycles. The van der Waals surface area contributed by atoms with E-state index in [4.69, 9.17) is 5.26 Å². The molecule has 78 valence electrons. The number of nitrogens with zero attached hydrogens (tertiary/aromatic N) is 1. The lowest BCUT2D eigenvalue weighted by molar-refractivity contribution is 0.596. The number of rotatable bonds is 5. The maximum atomic E-state index is 9.13. The Labute approximate surface area is 91.2 Å². The average molecular weight is 200 g/mol. The van der Waals surface area contributed by atoms with Crippen LogP contribution in [0.5, 0.6) is 0 Å². The highest BCUT2D eigenvalue weighted by atomic mass is 15.0. The van der Waals surface area contributed by atoms with E-state index in [0.717, 1.165) is 18.5 Å². The molecule has 1 aromatic carbocycles. The zero-order valence-corrected chi connectivity index (χ0v) is 9.03. The standard InChI is InChI=1S/C13H16N2/c1-3-4-10-13(2,11-14)15-12-8-6-5-7-9-12/h3,5-9,15H,1,4,10H2,2H3. The number of nitrogens with one attached hydrogen (secondary N) is 1. The van der Waals surface area contributed by atoms with Crippen LogP contribution >= 0.6 is 0 Å². The van der Waals surface area contributed by atoms with E-state index in [0.29, 0.717) is 0 Å². The Morgan fingerprint density at radius 1 is 1.47 bits per heavy atom. The molecule has 15 heavy (non-hydrogen) atoms.